The number of hydrogen-bond donors (Lipinski definition) is 2. The highest BCUT2D eigenvalue weighted by Gasteiger charge is 2.15. The third-order valence-electron chi connectivity index (χ3n) is 2.58. The van der Waals surface area contributed by atoms with E-state index in [1.165, 1.54) is 0 Å². The third-order valence-corrected chi connectivity index (χ3v) is 2.58. The van der Waals surface area contributed by atoms with E-state index in [1.54, 1.807) is 38.3 Å². The largest absolute Gasteiger partial charge is 0.497 e. The number of nitrogens with one attached hydrogen (secondary N) is 1. The number of methoxy groups -OCH3 is 1. The molecule has 0 radical (unpaired) electrons. The Hall–Kier alpha value is -2.01. The summed E-state index contributed by atoms with van der Waals surface area (Å²) in [6, 6.07) is 5.31. The van der Waals surface area contributed by atoms with Gasteiger partial charge in [0.05, 0.1) is 7.11 Å². The van der Waals surface area contributed by atoms with Crippen molar-refractivity contribution in [1.82, 2.24) is 5.32 Å². The molecule has 5 nitrogen and oxygen atoms in total. The van der Waals surface area contributed by atoms with Crippen molar-refractivity contribution in [3.05, 3.63) is 36.4 Å². The number of ether oxygens (including phenoxy) is 2. The summed E-state index contributed by atoms with van der Waals surface area (Å²) in [6.07, 6.45) is 1.02. The smallest absolute Gasteiger partial charge is 0.261 e. The molecule has 0 aromatic heterocycles. The molecule has 0 saturated carbocycles. The molecule has 0 fully saturated rings. The first-order valence-electron chi connectivity index (χ1n) is 6.04. The van der Waals surface area contributed by atoms with Crippen molar-refractivity contribution in [2.75, 3.05) is 13.7 Å². The van der Waals surface area contributed by atoms with Crippen LogP contribution in [-0.4, -0.2) is 25.7 Å². The summed E-state index contributed by atoms with van der Waals surface area (Å²) in [5.41, 5.74) is 6.45. The second kappa shape index (κ2) is 7.43. The molecular weight excluding hydrogens is 244 g/mol. The van der Waals surface area contributed by atoms with Crippen LogP contribution in [0.1, 0.15) is 12.5 Å². The van der Waals surface area contributed by atoms with Crippen molar-refractivity contribution in [3.63, 3.8) is 0 Å². The molecule has 1 aromatic rings. The van der Waals surface area contributed by atoms with Gasteiger partial charge in [0.2, 0.25) is 0 Å². The zero-order valence-electron chi connectivity index (χ0n) is 11.3. The zero-order valence-corrected chi connectivity index (χ0v) is 11.3. The average Bonchev–Trinajstić information content (AvgIpc) is 2.44. The second-order valence-electron chi connectivity index (χ2n) is 3.97. The Morgan fingerprint density at radius 3 is 2.89 bits per heavy atom. The van der Waals surface area contributed by atoms with Crippen molar-refractivity contribution in [3.8, 4) is 11.5 Å². The fourth-order valence-corrected chi connectivity index (χ4v) is 1.52. The van der Waals surface area contributed by atoms with Crippen LogP contribution in [0, 0.1) is 0 Å². The summed E-state index contributed by atoms with van der Waals surface area (Å²) in [4.78, 5) is 11.7. The first-order chi connectivity index (χ1) is 9.12. The lowest BCUT2D eigenvalue weighted by Gasteiger charge is -2.17. The number of amides is 1. The molecule has 19 heavy (non-hydrogen) atoms. The van der Waals surface area contributed by atoms with Crippen LogP contribution in [0.15, 0.2) is 30.9 Å². The number of benzene rings is 1. The molecule has 1 rings (SSSR count). The van der Waals surface area contributed by atoms with Crippen LogP contribution in [0.4, 0.5) is 0 Å². The van der Waals surface area contributed by atoms with E-state index in [-0.39, 0.29) is 5.91 Å². The summed E-state index contributed by atoms with van der Waals surface area (Å²) < 4.78 is 10.7. The van der Waals surface area contributed by atoms with Gasteiger partial charge in [0.1, 0.15) is 11.5 Å². The maximum atomic E-state index is 11.7. The molecule has 0 bridgehead atoms. The Bertz CT molecular complexity index is 446. The molecule has 1 aromatic carbocycles. The molecule has 0 aliphatic heterocycles. The predicted octanol–water partition coefficient (Wildman–Crippen LogP) is 1.22. The highest BCUT2D eigenvalue weighted by Crippen LogP contribution is 2.24. The first-order valence-corrected chi connectivity index (χ1v) is 6.04. The lowest BCUT2D eigenvalue weighted by Crippen LogP contribution is -2.36. The fourth-order valence-electron chi connectivity index (χ4n) is 1.52. The Morgan fingerprint density at radius 2 is 2.32 bits per heavy atom. The van der Waals surface area contributed by atoms with Gasteiger partial charge in [0.25, 0.3) is 5.91 Å². The molecule has 3 N–H and O–H groups in total. The van der Waals surface area contributed by atoms with Gasteiger partial charge in [-0.3, -0.25) is 4.79 Å². The minimum absolute atomic E-state index is 0.196. The van der Waals surface area contributed by atoms with Crippen molar-refractivity contribution in [2.45, 2.75) is 19.6 Å². The Labute approximate surface area is 113 Å². The van der Waals surface area contributed by atoms with Gasteiger partial charge in [-0.05, 0) is 25.1 Å². The number of carbonyl (C=O) groups excluding carboxylic acids is 1. The van der Waals surface area contributed by atoms with E-state index in [0.29, 0.717) is 24.6 Å². The zero-order chi connectivity index (χ0) is 14.3. The van der Waals surface area contributed by atoms with Gasteiger partial charge in [-0.15, -0.1) is 6.58 Å². The molecule has 1 amide bonds. The molecule has 104 valence electrons. The highest BCUT2D eigenvalue weighted by molar-refractivity contribution is 5.80. The van der Waals surface area contributed by atoms with Crippen LogP contribution in [-0.2, 0) is 11.3 Å². The monoisotopic (exact) mass is 264 g/mol. The lowest BCUT2D eigenvalue weighted by atomic mass is 10.2. The van der Waals surface area contributed by atoms with E-state index in [0.717, 1.165) is 5.56 Å². The van der Waals surface area contributed by atoms with Crippen molar-refractivity contribution < 1.29 is 14.3 Å². The van der Waals surface area contributed by atoms with Gasteiger partial charge in [0.15, 0.2) is 6.10 Å². The molecule has 5 heteroatoms. The standard InChI is InChI=1S/C14H20N2O3/c1-4-7-16-14(17)10(2)19-13-6-5-12(18-3)8-11(13)9-15/h4-6,8,10H,1,7,9,15H2,2-3H3,(H,16,17). The van der Waals surface area contributed by atoms with E-state index in [9.17, 15) is 4.79 Å². The number of carbonyl (C=O) groups is 1. The minimum Gasteiger partial charge on any atom is -0.497 e. The molecule has 0 aliphatic carbocycles. The number of nitrogens with two attached hydrogens (primary N) is 1. The quantitative estimate of drug-likeness (QED) is 0.726. The van der Waals surface area contributed by atoms with Crippen LogP contribution in [0.25, 0.3) is 0 Å². The predicted molar refractivity (Wildman–Crippen MR) is 74.2 cm³/mol. The molecular formula is C14H20N2O3. The SMILES string of the molecule is C=CCNC(=O)C(C)Oc1ccc(OC)cc1CN. The van der Waals surface area contributed by atoms with E-state index in [4.69, 9.17) is 15.2 Å². The van der Waals surface area contributed by atoms with Gasteiger partial charge in [-0.2, -0.15) is 0 Å². The summed E-state index contributed by atoms with van der Waals surface area (Å²) in [7, 11) is 1.58. The topological polar surface area (TPSA) is 73.6 Å². The molecule has 1 atom stereocenters. The maximum Gasteiger partial charge on any atom is 0.261 e. The summed E-state index contributed by atoms with van der Waals surface area (Å²) in [5.74, 6) is 1.10. The van der Waals surface area contributed by atoms with Crippen LogP contribution in [0.3, 0.4) is 0 Å². The maximum absolute atomic E-state index is 11.7. The Balaban J connectivity index is 2.75. The van der Waals surface area contributed by atoms with E-state index in [2.05, 4.69) is 11.9 Å². The summed E-state index contributed by atoms with van der Waals surface area (Å²) in [6.45, 7) is 5.95. The van der Waals surface area contributed by atoms with Gasteiger partial charge < -0.3 is 20.5 Å². The highest BCUT2D eigenvalue weighted by atomic mass is 16.5. The Morgan fingerprint density at radius 1 is 1.58 bits per heavy atom. The minimum atomic E-state index is -0.598. The van der Waals surface area contributed by atoms with Gasteiger partial charge in [0, 0.05) is 18.7 Å². The lowest BCUT2D eigenvalue weighted by molar-refractivity contribution is -0.127. The fraction of sp³-hybridized carbons (Fsp3) is 0.357. The summed E-state index contributed by atoms with van der Waals surface area (Å²) in [5, 5.41) is 2.67. The summed E-state index contributed by atoms with van der Waals surface area (Å²) >= 11 is 0. The molecule has 0 spiro atoms. The van der Waals surface area contributed by atoms with Crippen molar-refractivity contribution in [2.24, 2.45) is 5.73 Å². The van der Waals surface area contributed by atoms with Gasteiger partial charge >= 0.3 is 0 Å². The van der Waals surface area contributed by atoms with Crippen LogP contribution >= 0.6 is 0 Å². The molecule has 1 unspecified atom stereocenters. The molecule has 0 saturated heterocycles. The van der Waals surface area contributed by atoms with Crippen LogP contribution < -0.4 is 20.5 Å². The third kappa shape index (κ3) is 4.30. The number of rotatable bonds is 7. The average molecular weight is 264 g/mol. The van der Waals surface area contributed by atoms with E-state index in [1.807, 2.05) is 0 Å². The first kappa shape index (κ1) is 15.0. The van der Waals surface area contributed by atoms with Gasteiger partial charge in [-0.25, -0.2) is 0 Å². The molecule has 0 aliphatic rings. The van der Waals surface area contributed by atoms with E-state index >= 15 is 0 Å². The normalized spacial score (nSPS) is 11.5. The second-order valence-corrected chi connectivity index (χ2v) is 3.97. The Kier molecular flexibility index (Phi) is 5.89. The van der Waals surface area contributed by atoms with Gasteiger partial charge in [-0.1, -0.05) is 6.08 Å². The van der Waals surface area contributed by atoms with Crippen molar-refractivity contribution >= 4 is 5.91 Å². The molecule has 0 heterocycles. The van der Waals surface area contributed by atoms with Crippen LogP contribution in [0.2, 0.25) is 0 Å². The number of hydrogen-bond acceptors (Lipinski definition) is 4. The van der Waals surface area contributed by atoms with E-state index < -0.39 is 6.10 Å². The van der Waals surface area contributed by atoms with Crippen LogP contribution in [0.5, 0.6) is 11.5 Å². The van der Waals surface area contributed by atoms with Crippen molar-refractivity contribution in [1.29, 1.82) is 0 Å².